The predicted octanol–water partition coefficient (Wildman–Crippen LogP) is 7.06. The van der Waals surface area contributed by atoms with E-state index in [0.717, 1.165) is 18.7 Å². The third-order valence-corrected chi connectivity index (χ3v) is 4.95. The highest BCUT2D eigenvalue weighted by molar-refractivity contribution is 5.85. The molecule has 3 aromatic carbocycles. The largest absolute Gasteiger partial charge is 0.464 e. The number of nitrogens with zero attached hydrogens (tertiary/aromatic N) is 1. The lowest BCUT2D eigenvalue weighted by molar-refractivity contribution is 0.355. The van der Waals surface area contributed by atoms with E-state index in [4.69, 9.17) is 4.42 Å². The molecule has 0 saturated heterocycles. The van der Waals surface area contributed by atoms with Gasteiger partial charge in [0.2, 0.25) is 0 Å². The minimum atomic E-state index is 0. The molecule has 0 spiro atoms. The van der Waals surface area contributed by atoms with Crippen molar-refractivity contribution >= 4 is 29.5 Å². The monoisotopic (exact) mass is 403 g/mol. The molecule has 4 aromatic rings. The molecule has 0 aliphatic carbocycles. The third-order valence-electron chi connectivity index (χ3n) is 4.95. The fraction of sp³-hybridized carbons (Fsp3) is 0.154. The number of rotatable bonds is 6. The summed E-state index contributed by atoms with van der Waals surface area (Å²) in [5.41, 5.74) is 7.26. The van der Waals surface area contributed by atoms with E-state index in [0.29, 0.717) is 0 Å². The van der Waals surface area contributed by atoms with Crippen LogP contribution in [-0.2, 0) is 6.54 Å². The minimum Gasteiger partial charge on any atom is -0.464 e. The van der Waals surface area contributed by atoms with Crippen LogP contribution in [0.25, 0.3) is 28.2 Å². The fourth-order valence-corrected chi connectivity index (χ4v) is 3.66. The van der Waals surface area contributed by atoms with Crippen LogP contribution in [-0.4, -0.2) is 18.5 Å². The van der Waals surface area contributed by atoms with Gasteiger partial charge in [0.1, 0.15) is 5.58 Å². The van der Waals surface area contributed by atoms with E-state index in [1.807, 2.05) is 24.5 Å². The summed E-state index contributed by atoms with van der Waals surface area (Å²) in [5.74, 6) is 0. The van der Waals surface area contributed by atoms with Crippen molar-refractivity contribution in [2.75, 3.05) is 13.6 Å². The molecule has 0 unspecified atom stereocenters. The second-order valence-electron chi connectivity index (χ2n) is 7.41. The SMILES string of the molecule is C/C(=C\c1ccc(-c2ccccc2)cc1)CN(C)Cc1coc2ccccc12.Cl. The van der Waals surface area contributed by atoms with Gasteiger partial charge >= 0.3 is 0 Å². The normalized spacial score (nSPS) is 11.6. The molecule has 0 aliphatic heterocycles. The highest BCUT2D eigenvalue weighted by Crippen LogP contribution is 2.23. The second-order valence-corrected chi connectivity index (χ2v) is 7.41. The lowest BCUT2D eigenvalue weighted by Crippen LogP contribution is -2.19. The lowest BCUT2D eigenvalue weighted by Gasteiger charge is -2.16. The first-order valence-corrected chi connectivity index (χ1v) is 9.65. The van der Waals surface area contributed by atoms with Crippen LogP contribution in [0.4, 0.5) is 0 Å². The topological polar surface area (TPSA) is 16.4 Å². The van der Waals surface area contributed by atoms with Crippen molar-refractivity contribution < 1.29 is 4.42 Å². The van der Waals surface area contributed by atoms with Gasteiger partial charge in [0.05, 0.1) is 6.26 Å². The Morgan fingerprint density at radius 3 is 2.28 bits per heavy atom. The molecule has 1 heterocycles. The molecule has 0 fully saturated rings. The van der Waals surface area contributed by atoms with E-state index in [-0.39, 0.29) is 12.4 Å². The number of furan rings is 1. The second kappa shape index (κ2) is 9.60. The van der Waals surface area contributed by atoms with Crippen molar-refractivity contribution in [3.8, 4) is 11.1 Å². The number of para-hydroxylation sites is 1. The molecule has 0 N–H and O–H groups in total. The predicted molar refractivity (Wildman–Crippen MR) is 125 cm³/mol. The number of hydrogen-bond donors (Lipinski definition) is 0. The zero-order chi connectivity index (χ0) is 19.3. The van der Waals surface area contributed by atoms with Crippen LogP contribution >= 0.6 is 12.4 Å². The molecule has 0 atom stereocenters. The highest BCUT2D eigenvalue weighted by atomic mass is 35.5. The van der Waals surface area contributed by atoms with Gasteiger partial charge < -0.3 is 4.42 Å². The van der Waals surface area contributed by atoms with Crippen molar-refractivity contribution in [3.63, 3.8) is 0 Å². The summed E-state index contributed by atoms with van der Waals surface area (Å²) < 4.78 is 5.66. The Kier molecular flexibility index (Phi) is 6.92. The van der Waals surface area contributed by atoms with Crippen molar-refractivity contribution in [3.05, 3.63) is 102 Å². The number of hydrogen-bond acceptors (Lipinski definition) is 2. The average Bonchev–Trinajstić information content (AvgIpc) is 3.12. The molecule has 0 amide bonds. The summed E-state index contributed by atoms with van der Waals surface area (Å²) in [6.45, 7) is 3.98. The fourth-order valence-electron chi connectivity index (χ4n) is 3.66. The Morgan fingerprint density at radius 1 is 0.862 bits per heavy atom. The minimum absolute atomic E-state index is 0. The van der Waals surface area contributed by atoms with E-state index in [1.54, 1.807) is 0 Å². The number of likely N-dealkylation sites (N-methyl/N-ethyl adjacent to an activating group) is 1. The molecule has 0 bridgehead atoms. The smallest absolute Gasteiger partial charge is 0.134 e. The number of benzene rings is 3. The Bertz CT molecular complexity index is 1080. The van der Waals surface area contributed by atoms with Crippen LogP contribution in [0.3, 0.4) is 0 Å². The first-order valence-electron chi connectivity index (χ1n) is 9.65. The van der Waals surface area contributed by atoms with Crippen LogP contribution in [0.15, 0.2) is 95.1 Å². The van der Waals surface area contributed by atoms with Gasteiger partial charge in [0.25, 0.3) is 0 Å². The van der Waals surface area contributed by atoms with Gasteiger partial charge in [0, 0.05) is 24.0 Å². The Labute approximate surface area is 178 Å². The van der Waals surface area contributed by atoms with Crippen LogP contribution in [0.1, 0.15) is 18.1 Å². The zero-order valence-electron chi connectivity index (χ0n) is 16.8. The van der Waals surface area contributed by atoms with Gasteiger partial charge in [0.15, 0.2) is 0 Å². The van der Waals surface area contributed by atoms with Crippen LogP contribution in [0.5, 0.6) is 0 Å². The van der Waals surface area contributed by atoms with Gasteiger partial charge in [-0.1, -0.05) is 84.4 Å². The van der Waals surface area contributed by atoms with Crippen molar-refractivity contribution in [2.24, 2.45) is 0 Å². The van der Waals surface area contributed by atoms with Crippen molar-refractivity contribution in [1.29, 1.82) is 0 Å². The lowest BCUT2D eigenvalue weighted by atomic mass is 10.0. The zero-order valence-corrected chi connectivity index (χ0v) is 17.7. The van der Waals surface area contributed by atoms with E-state index in [2.05, 4.69) is 85.6 Å². The first kappa shape index (κ1) is 20.9. The molecule has 2 nitrogen and oxygen atoms in total. The maximum atomic E-state index is 5.66. The highest BCUT2D eigenvalue weighted by Gasteiger charge is 2.08. The van der Waals surface area contributed by atoms with Crippen LogP contribution < -0.4 is 0 Å². The summed E-state index contributed by atoms with van der Waals surface area (Å²) in [6, 6.07) is 27.5. The third kappa shape index (κ3) is 5.17. The van der Waals surface area contributed by atoms with E-state index >= 15 is 0 Å². The summed E-state index contributed by atoms with van der Waals surface area (Å²) in [7, 11) is 2.15. The first-order chi connectivity index (χ1) is 13.7. The molecule has 148 valence electrons. The van der Waals surface area contributed by atoms with Crippen LogP contribution in [0.2, 0.25) is 0 Å². The maximum Gasteiger partial charge on any atom is 0.134 e. The molecule has 29 heavy (non-hydrogen) atoms. The van der Waals surface area contributed by atoms with Gasteiger partial charge in [-0.3, -0.25) is 4.90 Å². The summed E-state index contributed by atoms with van der Waals surface area (Å²) in [6.07, 6.45) is 4.14. The molecular formula is C26H26ClNO. The molecular weight excluding hydrogens is 378 g/mol. The number of halogens is 1. The van der Waals surface area contributed by atoms with Gasteiger partial charge in [-0.25, -0.2) is 0 Å². The number of fused-ring (bicyclic) bond motifs is 1. The molecule has 4 rings (SSSR count). The Morgan fingerprint density at radius 2 is 1.52 bits per heavy atom. The summed E-state index contributed by atoms with van der Waals surface area (Å²) >= 11 is 0. The van der Waals surface area contributed by atoms with Gasteiger partial charge in [-0.2, -0.15) is 0 Å². The van der Waals surface area contributed by atoms with Crippen LogP contribution in [0, 0.1) is 0 Å². The summed E-state index contributed by atoms with van der Waals surface area (Å²) in [5, 5.41) is 1.20. The van der Waals surface area contributed by atoms with Gasteiger partial charge in [-0.05, 0) is 36.7 Å². The van der Waals surface area contributed by atoms with E-state index in [9.17, 15) is 0 Å². The Balaban J connectivity index is 0.00000240. The molecule has 3 heteroatoms. The van der Waals surface area contributed by atoms with Gasteiger partial charge in [-0.15, -0.1) is 12.4 Å². The van der Waals surface area contributed by atoms with Crippen molar-refractivity contribution in [2.45, 2.75) is 13.5 Å². The van der Waals surface area contributed by atoms with Crippen molar-refractivity contribution in [1.82, 2.24) is 4.90 Å². The summed E-state index contributed by atoms with van der Waals surface area (Å²) in [4.78, 5) is 2.32. The Hall–Kier alpha value is -2.81. The van der Waals surface area contributed by atoms with E-state index < -0.39 is 0 Å². The molecule has 0 saturated carbocycles. The average molecular weight is 404 g/mol. The van der Waals surface area contributed by atoms with E-state index in [1.165, 1.54) is 33.2 Å². The maximum absolute atomic E-state index is 5.66. The standard InChI is InChI=1S/C26H25NO.ClH/c1-20(16-21-12-14-23(15-13-21)22-8-4-3-5-9-22)17-27(2)18-24-19-28-26-11-7-6-10-25(24)26;/h3-16,19H,17-18H2,1-2H3;1H/b20-16+;. The quantitative estimate of drug-likeness (QED) is 0.342. The molecule has 0 radical (unpaired) electrons. The molecule has 1 aromatic heterocycles. The molecule has 0 aliphatic rings.